The van der Waals surface area contributed by atoms with Gasteiger partial charge < -0.3 is 24.3 Å². The molecule has 28 heavy (non-hydrogen) atoms. The van der Waals surface area contributed by atoms with Crippen LogP contribution in [0.2, 0.25) is 0 Å². The Morgan fingerprint density at radius 3 is 2.36 bits per heavy atom. The third-order valence-corrected chi connectivity index (χ3v) is 4.04. The van der Waals surface area contributed by atoms with Gasteiger partial charge in [0.25, 0.3) is 5.91 Å². The molecule has 2 aromatic rings. The van der Waals surface area contributed by atoms with Gasteiger partial charge in [-0.25, -0.2) is 0 Å². The Morgan fingerprint density at radius 2 is 1.71 bits per heavy atom. The van der Waals surface area contributed by atoms with Gasteiger partial charge in [0.15, 0.2) is 17.6 Å². The van der Waals surface area contributed by atoms with Crippen molar-refractivity contribution in [2.24, 2.45) is 0 Å². The Kier molecular flexibility index (Phi) is 7.99. The lowest BCUT2D eigenvalue weighted by Crippen LogP contribution is -2.37. The average Bonchev–Trinajstić information content (AvgIpc) is 2.70. The Hall–Kier alpha value is -2.89. The van der Waals surface area contributed by atoms with E-state index in [0.29, 0.717) is 36.0 Å². The van der Waals surface area contributed by atoms with Crippen LogP contribution in [0.25, 0.3) is 0 Å². The van der Waals surface area contributed by atoms with Crippen LogP contribution < -0.4 is 24.3 Å². The van der Waals surface area contributed by atoms with Gasteiger partial charge in [0.2, 0.25) is 0 Å². The highest BCUT2D eigenvalue weighted by Gasteiger charge is 2.18. The maximum Gasteiger partial charge on any atom is 0.261 e. The summed E-state index contributed by atoms with van der Waals surface area (Å²) in [6, 6.07) is 12.8. The molecule has 0 heterocycles. The molecule has 0 unspecified atom stereocenters. The first-order chi connectivity index (χ1) is 13.5. The molecule has 2 aromatic carbocycles. The van der Waals surface area contributed by atoms with E-state index in [1.165, 1.54) is 0 Å². The predicted octanol–water partition coefficient (Wildman–Crippen LogP) is 3.96. The number of amides is 1. The van der Waals surface area contributed by atoms with Crippen LogP contribution in [0.15, 0.2) is 42.5 Å². The van der Waals surface area contributed by atoms with E-state index in [9.17, 15) is 4.79 Å². The largest absolute Gasteiger partial charge is 0.497 e. The third-order valence-electron chi connectivity index (χ3n) is 4.04. The van der Waals surface area contributed by atoms with Crippen molar-refractivity contribution < 1.29 is 23.7 Å². The standard InChI is InChI=1S/C22H29NO5/c1-6-19(28-18-9-7-8-17(13-18)25-4)22(24)23-14-16-10-11-20(27-15(2)3)21(12-16)26-5/h7-13,15,19H,6,14H2,1-5H3,(H,23,24)/t19-/m1/s1. The fourth-order valence-electron chi connectivity index (χ4n) is 2.64. The number of benzene rings is 2. The number of carbonyl (C=O) groups excluding carboxylic acids is 1. The second-order valence-electron chi connectivity index (χ2n) is 6.56. The zero-order valence-electron chi connectivity index (χ0n) is 17.2. The smallest absolute Gasteiger partial charge is 0.261 e. The molecule has 2 rings (SSSR count). The average molecular weight is 387 g/mol. The highest BCUT2D eigenvalue weighted by molar-refractivity contribution is 5.81. The zero-order chi connectivity index (χ0) is 20.5. The molecule has 0 fully saturated rings. The lowest BCUT2D eigenvalue weighted by molar-refractivity contribution is -0.128. The summed E-state index contributed by atoms with van der Waals surface area (Å²) in [6.45, 7) is 6.20. The van der Waals surface area contributed by atoms with Crippen molar-refractivity contribution in [2.75, 3.05) is 14.2 Å². The van der Waals surface area contributed by atoms with Crippen molar-refractivity contribution in [3.8, 4) is 23.0 Å². The molecule has 6 heteroatoms. The fourth-order valence-corrected chi connectivity index (χ4v) is 2.64. The van der Waals surface area contributed by atoms with Crippen molar-refractivity contribution in [1.29, 1.82) is 0 Å². The first-order valence-corrected chi connectivity index (χ1v) is 9.38. The highest BCUT2D eigenvalue weighted by Crippen LogP contribution is 2.29. The minimum Gasteiger partial charge on any atom is -0.497 e. The minimum atomic E-state index is -0.586. The van der Waals surface area contributed by atoms with E-state index >= 15 is 0 Å². The van der Waals surface area contributed by atoms with Gasteiger partial charge in [0.1, 0.15) is 11.5 Å². The van der Waals surface area contributed by atoms with Gasteiger partial charge in [-0.1, -0.05) is 19.1 Å². The zero-order valence-corrected chi connectivity index (χ0v) is 17.2. The van der Waals surface area contributed by atoms with Gasteiger partial charge in [-0.15, -0.1) is 0 Å². The lowest BCUT2D eigenvalue weighted by atomic mass is 10.2. The second kappa shape index (κ2) is 10.4. The molecule has 0 spiro atoms. The van der Waals surface area contributed by atoms with Gasteiger partial charge in [0.05, 0.1) is 20.3 Å². The SMILES string of the molecule is CC[C@@H](Oc1cccc(OC)c1)C(=O)NCc1ccc(OC(C)C)c(OC)c1. The van der Waals surface area contributed by atoms with Crippen molar-refractivity contribution >= 4 is 5.91 Å². The monoisotopic (exact) mass is 387 g/mol. The van der Waals surface area contributed by atoms with Gasteiger partial charge in [-0.05, 0) is 50.1 Å². The van der Waals surface area contributed by atoms with Gasteiger partial charge in [-0.3, -0.25) is 4.79 Å². The molecule has 0 bridgehead atoms. The number of hydrogen-bond acceptors (Lipinski definition) is 5. The van der Waals surface area contributed by atoms with Gasteiger partial charge >= 0.3 is 0 Å². The highest BCUT2D eigenvalue weighted by atomic mass is 16.5. The maximum atomic E-state index is 12.6. The molecule has 0 radical (unpaired) electrons. The molecule has 0 aromatic heterocycles. The number of rotatable bonds is 10. The molecule has 152 valence electrons. The Morgan fingerprint density at radius 1 is 0.964 bits per heavy atom. The van der Waals surface area contributed by atoms with E-state index in [1.54, 1.807) is 26.4 Å². The van der Waals surface area contributed by atoms with Crippen LogP contribution in [0.1, 0.15) is 32.8 Å². The van der Waals surface area contributed by atoms with E-state index in [2.05, 4.69) is 5.32 Å². The van der Waals surface area contributed by atoms with E-state index in [-0.39, 0.29) is 12.0 Å². The first-order valence-electron chi connectivity index (χ1n) is 9.38. The van der Waals surface area contributed by atoms with Crippen LogP contribution in [0, 0.1) is 0 Å². The Balaban J connectivity index is 1.99. The summed E-state index contributed by atoms with van der Waals surface area (Å²) in [5.41, 5.74) is 0.914. The molecule has 0 aliphatic carbocycles. The summed E-state index contributed by atoms with van der Waals surface area (Å²) in [4.78, 5) is 12.6. The van der Waals surface area contributed by atoms with Crippen LogP contribution in [-0.4, -0.2) is 32.3 Å². The second-order valence-corrected chi connectivity index (χ2v) is 6.56. The predicted molar refractivity (Wildman–Crippen MR) is 108 cm³/mol. The van der Waals surface area contributed by atoms with Crippen molar-refractivity contribution in [1.82, 2.24) is 5.32 Å². The minimum absolute atomic E-state index is 0.0542. The summed E-state index contributed by atoms with van der Waals surface area (Å²) < 4.78 is 22.1. The van der Waals surface area contributed by atoms with E-state index < -0.39 is 6.10 Å². The Labute approximate surface area is 166 Å². The molecular weight excluding hydrogens is 358 g/mol. The number of ether oxygens (including phenoxy) is 4. The van der Waals surface area contributed by atoms with E-state index in [0.717, 1.165) is 5.56 Å². The summed E-state index contributed by atoms with van der Waals surface area (Å²) in [5.74, 6) is 2.43. The van der Waals surface area contributed by atoms with Crippen LogP contribution in [0.3, 0.4) is 0 Å². The Bertz CT molecular complexity index is 775. The van der Waals surface area contributed by atoms with Crippen molar-refractivity contribution in [3.05, 3.63) is 48.0 Å². The van der Waals surface area contributed by atoms with E-state index in [1.807, 2.05) is 51.1 Å². The molecule has 1 N–H and O–H groups in total. The third kappa shape index (κ3) is 6.08. The van der Waals surface area contributed by atoms with Gasteiger partial charge in [0, 0.05) is 12.6 Å². The summed E-state index contributed by atoms with van der Waals surface area (Å²) in [5, 5.41) is 2.92. The summed E-state index contributed by atoms with van der Waals surface area (Å²) >= 11 is 0. The topological polar surface area (TPSA) is 66.0 Å². The van der Waals surface area contributed by atoms with Crippen LogP contribution >= 0.6 is 0 Å². The normalized spacial score (nSPS) is 11.6. The molecule has 0 aliphatic heterocycles. The van der Waals surface area contributed by atoms with Crippen LogP contribution in [-0.2, 0) is 11.3 Å². The summed E-state index contributed by atoms with van der Waals surface area (Å²) in [6.07, 6.45) is 0.0177. The molecule has 0 saturated heterocycles. The van der Waals surface area contributed by atoms with E-state index in [4.69, 9.17) is 18.9 Å². The van der Waals surface area contributed by atoms with Crippen LogP contribution in [0.4, 0.5) is 0 Å². The van der Waals surface area contributed by atoms with Crippen molar-refractivity contribution in [2.45, 2.75) is 45.9 Å². The number of carbonyl (C=O) groups is 1. The summed E-state index contributed by atoms with van der Waals surface area (Å²) in [7, 11) is 3.19. The van der Waals surface area contributed by atoms with Gasteiger partial charge in [-0.2, -0.15) is 0 Å². The molecule has 0 saturated carbocycles. The van der Waals surface area contributed by atoms with Crippen molar-refractivity contribution in [3.63, 3.8) is 0 Å². The quantitative estimate of drug-likeness (QED) is 0.668. The van der Waals surface area contributed by atoms with Crippen LogP contribution in [0.5, 0.6) is 23.0 Å². The number of methoxy groups -OCH3 is 2. The maximum absolute atomic E-state index is 12.6. The first kappa shape index (κ1) is 21.4. The fraction of sp³-hybridized carbons (Fsp3) is 0.409. The molecule has 0 aliphatic rings. The molecule has 6 nitrogen and oxygen atoms in total. The number of nitrogens with one attached hydrogen (secondary N) is 1. The lowest BCUT2D eigenvalue weighted by Gasteiger charge is -2.18. The molecule has 1 atom stereocenters. The molecule has 1 amide bonds. The number of hydrogen-bond donors (Lipinski definition) is 1. The molecular formula is C22H29NO5.